The highest BCUT2D eigenvalue weighted by molar-refractivity contribution is 5.87. The van der Waals surface area contributed by atoms with Gasteiger partial charge in [0.2, 0.25) is 5.91 Å². The molecular weight excluding hydrogens is 242 g/mol. The van der Waals surface area contributed by atoms with Crippen LogP contribution in [0.15, 0.2) is 6.33 Å². The van der Waals surface area contributed by atoms with E-state index in [2.05, 4.69) is 34.4 Å². The molecule has 0 unspecified atom stereocenters. The van der Waals surface area contributed by atoms with Crippen LogP contribution in [0.5, 0.6) is 0 Å². The maximum absolute atomic E-state index is 11.4. The number of primary amides is 1. The number of amides is 1. The number of rotatable bonds is 6. The van der Waals surface area contributed by atoms with E-state index in [4.69, 9.17) is 5.73 Å². The van der Waals surface area contributed by atoms with Gasteiger partial charge >= 0.3 is 0 Å². The number of aromatic nitrogens is 2. The van der Waals surface area contributed by atoms with E-state index in [0.717, 1.165) is 17.9 Å². The molecule has 0 spiro atoms. The fraction of sp³-hybridized carbons (Fsp3) is 0.615. The number of anilines is 2. The van der Waals surface area contributed by atoms with Gasteiger partial charge in [-0.1, -0.05) is 13.8 Å². The van der Waals surface area contributed by atoms with Gasteiger partial charge in [0.05, 0.1) is 0 Å². The van der Waals surface area contributed by atoms with Gasteiger partial charge in [0.25, 0.3) is 0 Å². The monoisotopic (exact) mass is 265 g/mol. The van der Waals surface area contributed by atoms with Crippen LogP contribution in [0.1, 0.15) is 46.1 Å². The van der Waals surface area contributed by atoms with Gasteiger partial charge in [-0.2, -0.15) is 0 Å². The Kier molecular flexibility index (Phi) is 4.69. The molecular formula is C13H23N5O. The molecule has 1 heterocycles. The lowest BCUT2D eigenvalue weighted by molar-refractivity contribution is -0.121. The summed E-state index contributed by atoms with van der Waals surface area (Å²) in [5.74, 6) is 1.23. The lowest BCUT2D eigenvalue weighted by Gasteiger charge is -2.26. The van der Waals surface area contributed by atoms with E-state index in [0.29, 0.717) is 5.82 Å². The molecule has 6 nitrogen and oxygen atoms in total. The van der Waals surface area contributed by atoms with E-state index in [-0.39, 0.29) is 5.92 Å². The molecule has 1 rings (SSSR count). The first-order valence-corrected chi connectivity index (χ1v) is 6.46. The Morgan fingerprint density at radius 2 is 1.95 bits per heavy atom. The Morgan fingerprint density at radius 3 is 2.42 bits per heavy atom. The number of nitrogens with zero attached hydrogens (tertiary/aromatic N) is 2. The van der Waals surface area contributed by atoms with Crippen LogP contribution in [-0.2, 0) is 4.79 Å². The van der Waals surface area contributed by atoms with Crippen molar-refractivity contribution in [2.24, 2.45) is 5.73 Å². The van der Waals surface area contributed by atoms with Crippen LogP contribution in [0, 0.1) is 0 Å². The molecule has 4 N–H and O–H groups in total. The van der Waals surface area contributed by atoms with Gasteiger partial charge in [-0.3, -0.25) is 4.79 Å². The molecule has 19 heavy (non-hydrogen) atoms. The molecule has 0 aromatic carbocycles. The fourth-order valence-electron chi connectivity index (χ4n) is 1.71. The number of carbonyl (C=O) groups is 1. The number of hydrogen-bond acceptors (Lipinski definition) is 5. The molecule has 0 aliphatic carbocycles. The van der Waals surface area contributed by atoms with Crippen LogP contribution >= 0.6 is 0 Å². The normalized spacial score (nSPS) is 11.5. The first-order chi connectivity index (χ1) is 8.79. The SMILES string of the molecule is CCNc1ncnc(NC(C)(C)C(N)=O)c1C(C)C. The van der Waals surface area contributed by atoms with Crippen LogP contribution < -0.4 is 16.4 Å². The van der Waals surface area contributed by atoms with E-state index < -0.39 is 11.4 Å². The number of hydrogen-bond donors (Lipinski definition) is 3. The van der Waals surface area contributed by atoms with Gasteiger partial charge < -0.3 is 16.4 Å². The number of nitrogens with two attached hydrogens (primary N) is 1. The summed E-state index contributed by atoms with van der Waals surface area (Å²) in [6, 6.07) is 0. The van der Waals surface area contributed by atoms with Crippen molar-refractivity contribution in [1.82, 2.24) is 9.97 Å². The minimum atomic E-state index is -0.860. The molecule has 0 aliphatic heterocycles. The zero-order chi connectivity index (χ0) is 14.6. The van der Waals surface area contributed by atoms with Gasteiger partial charge in [0.15, 0.2) is 0 Å². The third-order valence-electron chi connectivity index (χ3n) is 2.85. The molecule has 0 bridgehead atoms. The van der Waals surface area contributed by atoms with Crippen molar-refractivity contribution in [1.29, 1.82) is 0 Å². The first kappa shape index (κ1) is 15.2. The second kappa shape index (κ2) is 5.86. The minimum absolute atomic E-state index is 0.224. The Balaban J connectivity index is 3.20. The van der Waals surface area contributed by atoms with Crippen LogP contribution in [0.4, 0.5) is 11.6 Å². The average Bonchev–Trinajstić information content (AvgIpc) is 2.28. The topological polar surface area (TPSA) is 92.9 Å². The highest BCUT2D eigenvalue weighted by Gasteiger charge is 2.27. The van der Waals surface area contributed by atoms with Gasteiger partial charge in [-0.15, -0.1) is 0 Å². The highest BCUT2D eigenvalue weighted by Crippen LogP contribution is 2.29. The zero-order valence-electron chi connectivity index (χ0n) is 12.2. The van der Waals surface area contributed by atoms with E-state index in [1.54, 1.807) is 13.8 Å². The smallest absolute Gasteiger partial charge is 0.242 e. The Bertz CT molecular complexity index is 456. The van der Waals surface area contributed by atoms with Crippen molar-refractivity contribution in [2.75, 3.05) is 17.2 Å². The zero-order valence-corrected chi connectivity index (χ0v) is 12.2. The summed E-state index contributed by atoms with van der Waals surface area (Å²) in [7, 11) is 0. The fourth-order valence-corrected chi connectivity index (χ4v) is 1.71. The largest absolute Gasteiger partial charge is 0.370 e. The lowest BCUT2D eigenvalue weighted by Crippen LogP contribution is -2.45. The van der Waals surface area contributed by atoms with Crippen LogP contribution in [0.3, 0.4) is 0 Å². The second-order valence-electron chi connectivity index (χ2n) is 5.28. The molecule has 0 saturated heterocycles. The Labute approximate surface area is 114 Å². The summed E-state index contributed by atoms with van der Waals surface area (Å²) >= 11 is 0. The van der Waals surface area contributed by atoms with Crippen LogP contribution in [0.25, 0.3) is 0 Å². The average molecular weight is 265 g/mol. The van der Waals surface area contributed by atoms with Gasteiger partial charge in [-0.05, 0) is 26.7 Å². The molecule has 1 aromatic rings. The third-order valence-corrected chi connectivity index (χ3v) is 2.85. The lowest BCUT2D eigenvalue weighted by atomic mass is 10.0. The van der Waals surface area contributed by atoms with Gasteiger partial charge in [-0.25, -0.2) is 9.97 Å². The van der Waals surface area contributed by atoms with Crippen molar-refractivity contribution in [2.45, 2.75) is 46.1 Å². The summed E-state index contributed by atoms with van der Waals surface area (Å²) in [6.07, 6.45) is 1.48. The molecule has 0 fully saturated rings. The second-order valence-corrected chi connectivity index (χ2v) is 5.28. The predicted octanol–water partition coefficient (Wildman–Crippen LogP) is 1.71. The first-order valence-electron chi connectivity index (χ1n) is 6.46. The van der Waals surface area contributed by atoms with E-state index in [1.807, 2.05) is 6.92 Å². The molecule has 6 heteroatoms. The summed E-state index contributed by atoms with van der Waals surface area (Å²) in [5, 5.41) is 6.31. The maximum Gasteiger partial charge on any atom is 0.242 e. The number of nitrogens with one attached hydrogen (secondary N) is 2. The van der Waals surface area contributed by atoms with Crippen LogP contribution in [-0.4, -0.2) is 28.0 Å². The summed E-state index contributed by atoms with van der Waals surface area (Å²) in [5.41, 5.74) is 5.48. The van der Waals surface area contributed by atoms with Crippen molar-refractivity contribution < 1.29 is 4.79 Å². The molecule has 106 valence electrons. The van der Waals surface area contributed by atoms with Crippen molar-refractivity contribution in [3.05, 3.63) is 11.9 Å². The molecule has 0 atom stereocenters. The van der Waals surface area contributed by atoms with Gasteiger partial charge in [0.1, 0.15) is 23.5 Å². The third kappa shape index (κ3) is 3.56. The van der Waals surface area contributed by atoms with E-state index in [1.165, 1.54) is 6.33 Å². The van der Waals surface area contributed by atoms with Crippen molar-refractivity contribution in [3.63, 3.8) is 0 Å². The minimum Gasteiger partial charge on any atom is -0.370 e. The molecule has 1 amide bonds. The predicted molar refractivity (Wildman–Crippen MR) is 77.2 cm³/mol. The Hall–Kier alpha value is -1.85. The van der Waals surface area contributed by atoms with Gasteiger partial charge in [0, 0.05) is 12.1 Å². The summed E-state index contributed by atoms with van der Waals surface area (Å²) in [6.45, 7) is 10.4. The maximum atomic E-state index is 11.4. The number of carbonyl (C=O) groups excluding carboxylic acids is 1. The van der Waals surface area contributed by atoms with Crippen molar-refractivity contribution in [3.8, 4) is 0 Å². The Morgan fingerprint density at radius 1 is 1.37 bits per heavy atom. The van der Waals surface area contributed by atoms with Crippen LogP contribution in [0.2, 0.25) is 0 Å². The van der Waals surface area contributed by atoms with Crippen molar-refractivity contribution >= 4 is 17.5 Å². The molecule has 0 radical (unpaired) electrons. The summed E-state index contributed by atoms with van der Waals surface area (Å²) < 4.78 is 0. The summed E-state index contributed by atoms with van der Waals surface area (Å²) in [4.78, 5) is 19.9. The highest BCUT2D eigenvalue weighted by atomic mass is 16.1. The standard InChI is InChI=1S/C13H23N5O/c1-6-15-10-9(8(2)3)11(17-7-16-10)18-13(4,5)12(14)19/h7-8H,6H2,1-5H3,(H2,14,19)(H2,15,16,17,18). The van der Waals surface area contributed by atoms with E-state index >= 15 is 0 Å². The molecule has 1 aromatic heterocycles. The molecule has 0 aliphatic rings. The van der Waals surface area contributed by atoms with E-state index in [9.17, 15) is 4.79 Å². The molecule has 0 saturated carbocycles. The quantitative estimate of drug-likeness (QED) is 0.728.